The number of amides is 3. The monoisotopic (exact) mass is 430 g/mol. The Labute approximate surface area is 179 Å². The molecular weight excluding hydrogens is 404 g/mol. The van der Waals surface area contributed by atoms with Gasteiger partial charge >= 0.3 is 12.2 Å². The fourth-order valence-corrected chi connectivity index (χ4v) is 2.81. The van der Waals surface area contributed by atoms with E-state index >= 15 is 0 Å². The molecule has 0 unspecified atom stereocenters. The van der Waals surface area contributed by atoms with Crippen LogP contribution in [0.25, 0.3) is 0 Å². The summed E-state index contributed by atoms with van der Waals surface area (Å²) in [6, 6.07) is 8.12. The van der Waals surface area contributed by atoms with E-state index in [1.807, 2.05) is 30.3 Å². The van der Waals surface area contributed by atoms with E-state index in [0.29, 0.717) is 5.69 Å². The summed E-state index contributed by atoms with van der Waals surface area (Å²) in [6.45, 7) is 5.84. The third-order valence-corrected chi connectivity index (χ3v) is 4.26. The SMILES string of the molecule is CC(C)(C)OC(=O)NCc1cnn(C[C@H]2NC(=O)[C@H]2NC(=O)OCc2ccccc2)n1. The Morgan fingerprint density at radius 3 is 2.61 bits per heavy atom. The Bertz CT molecular complexity index is 924. The molecule has 1 aliphatic heterocycles. The van der Waals surface area contributed by atoms with Gasteiger partial charge in [0.05, 0.1) is 25.3 Å². The molecule has 2 aromatic rings. The predicted molar refractivity (Wildman–Crippen MR) is 109 cm³/mol. The molecule has 1 fully saturated rings. The van der Waals surface area contributed by atoms with E-state index < -0.39 is 23.8 Å². The molecule has 1 aromatic heterocycles. The molecule has 2 heterocycles. The van der Waals surface area contributed by atoms with Crippen LogP contribution in [0.4, 0.5) is 9.59 Å². The van der Waals surface area contributed by atoms with E-state index in [4.69, 9.17) is 9.47 Å². The van der Waals surface area contributed by atoms with Crippen LogP contribution in [0.3, 0.4) is 0 Å². The first-order valence-electron chi connectivity index (χ1n) is 9.83. The third kappa shape index (κ3) is 6.69. The Balaban J connectivity index is 1.44. The van der Waals surface area contributed by atoms with Gasteiger partial charge in [-0.25, -0.2) is 9.59 Å². The van der Waals surface area contributed by atoms with Crippen LogP contribution in [-0.2, 0) is 34.0 Å². The average molecular weight is 430 g/mol. The van der Waals surface area contributed by atoms with E-state index in [-0.39, 0.29) is 31.6 Å². The van der Waals surface area contributed by atoms with E-state index in [0.717, 1.165) is 5.56 Å². The van der Waals surface area contributed by atoms with Gasteiger partial charge in [-0.15, -0.1) is 0 Å². The first-order chi connectivity index (χ1) is 14.7. The van der Waals surface area contributed by atoms with Crippen LogP contribution < -0.4 is 16.0 Å². The van der Waals surface area contributed by atoms with Gasteiger partial charge in [0.15, 0.2) is 0 Å². The van der Waals surface area contributed by atoms with Crippen molar-refractivity contribution < 1.29 is 23.9 Å². The van der Waals surface area contributed by atoms with E-state index in [2.05, 4.69) is 26.1 Å². The van der Waals surface area contributed by atoms with Crippen molar-refractivity contribution in [1.82, 2.24) is 30.9 Å². The maximum absolute atomic E-state index is 12.0. The van der Waals surface area contributed by atoms with Crippen molar-refractivity contribution in [2.75, 3.05) is 0 Å². The fraction of sp³-hybridized carbons (Fsp3) is 0.450. The van der Waals surface area contributed by atoms with Gasteiger partial charge in [0, 0.05) is 0 Å². The second-order valence-electron chi connectivity index (χ2n) is 8.05. The van der Waals surface area contributed by atoms with E-state index in [1.54, 1.807) is 20.8 Å². The molecule has 3 N–H and O–H groups in total. The molecule has 1 aromatic carbocycles. The maximum atomic E-state index is 12.0. The van der Waals surface area contributed by atoms with Gasteiger partial charge in [-0.05, 0) is 26.3 Å². The molecule has 0 saturated carbocycles. The summed E-state index contributed by atoms with van der Waals surface area (Å²) >= 11 is 0. The van der Waals surface area contributed by atoms with Crippen LogP contribution in [0.1, 0.15) is 32.0 Å². The van der Waals surface area contributed by atoms with E-state index in [1.165, 1.54) is 11.0 Å². The van der Waals surface area contributed by atoms with Gasteiger partial charge in [-0.3, -0.25) is 4.79 Å². The van der Waals surface area contributed by atoms with Crippen LogP contribution in [0, 0.1) is 0 Å². The highest BCUT2D eigenvalue weighted by Gasteiger charge is 2.41. The number of benzene rings is 1. The minimum atomic E-state index is -0.738. The van der Waals surface area contributed by atoms with E-state index in [9.17, 15) is 14.4 Å². The lowest BCUT2D eigenvalue weighted by Crippen LogP contribution is -2.70. The number of carbonyl (C=O) groups excluding carboxylic acids is 3. The van der Waals surface area contributed by atoms with Crippen molar-refractivity contribution in [3.63, 3.8) is 0 Å². The Morgan fingerprint density at radius 2 is 1.94 bits per heavy atom. The van der Waals surface area contributed by atoms with Crippen molar-refractivity contribution in [3.05, 3.63) is 47.8 Å². The lowest BCUT2D eigenvalue weighted by molar-refractivity contribution is -0.132. The number of β-lactam (4-membered cyclic amide) rings is 1. The second-order valence-corrected chi connectivity index (χ2v) is 8.05. The molecule has 0 bridgehead atoms. The average Bonchev–Trinajstić information content (AvgIpc) is 3.16. The van der Waals surface area contributed by atoms with Gasteiger partial charge in [-0.2, -0.15) is 15.0 Å². The molecular formula is C20H26N6O5. The molecule has 3 amide bonds. The summed E-state index contributed by atoms with van der Waals surface area (Å²) in [6.07, 6.45) is 0.282. The zero-order chi connectivity index (χ0) is 22.4. The number of hydrogen-bond acceptors (Lipinski definition) is 7. The Hall–Kier alpha value is -3.63. The standard InChI is InChI=1S/C20H26N6O5/c1-20(2,3)31-18(28)21-9-14-10-22-26(25-14)11-15-16(17(27)23-15)24-19(29)30-12-13-7-5-4-6-8-13/h4-8,10,15-16H,9,11-12H2,1-3H3,(H,21,28)(H,23,27)(H,24,29)/t15-,16+/m1/s1. The van der Waals surface area contributed by atoms with Crippen LogP contribution in [0.5, 0.6) is 0 Å². The number of ether oxygens (including phenoxy) is 2. The number of alkyl carbamates (subject to hydrolysis) is 2. The number of aromatic nitrogens is 3. The minimum absolute atomic E-state index is 0.112. The molecule has 166 valence electrons. The minimum Gasteiger partial charge on any atom is -0.445 e. The zero-order valence-electron chi connectivity index (χ0n) is 17.6. The molecule has 31 heavy (non-hydrogen) atoms. The van der Waals surface area contributed by atoms with Crippen LogP contribution in [0.2, 0.25) is 0 Å². The first-order valence-corrected chi connectivity index (χ1v) is 9.83. The van der Waals surface area contributed by atoms with Crippen molar-refractivity contribution in [1.29, 1.82) is 0 Å². The maximum Gasteiger partial charge on any atom is 0.408 e. The largest absolute Gasteiger partial charge is 0.445 e. The highest BCUT2D eigenvalue weighted by Crippen LogP contribution is 2.10. The molecule has 3 rings (SSSR count). The highest BCUT2D eigenvalue weighted by molar-refractivity contribution is 5.92. The summed E-state index contributed by atoms with van der Waals surface area (Å²) in [4.78, 5) is 37.0. The number of hydrogen-bond donors (Lipinski definition) is 3. The van der Waals surface area contributed by atoms with Crippen LogP contribution in [-0.4, -0.2) is 50.8 Å². The smallest absolute Gasteiger partial charge is 0.408 e. The molecule has 0 aliphatic carbocycles. The topological polar surface area (TPSA) is 136 Å². The third-order valence-electron chi connectivity index (χ3n) is 4.26. The first kappa shape index (κ1) is 22.1. The van der Waals surface area contributed by atoms with Crippen molar-refractivity contribution >= 4 is 18.1 Å². The second kappa shape index (κ2) is 9.45. The molecule has 11 nitrogen and oxygen atoms in total. The highest BCUT2D eigenvalue weighted by atomic mass is 16.6. The normalized spacial score (nSPS) is 17.8. The quantitative estimate of drug-likeness (QED) is 0.560. The summed E-state index contributed by atoms with van der Waals surface area (Å²) in [5.74, 6) is -0.305. The van der Waals surface area contributed by atoms with Gasteiger partial charge in [-0.1, -0.05) is 30.3 Å². The summed E-state index contributed by atoms with van der Waals surface area (Å²) < 4.78 is 10.3. The zero-order valence-corrected chi connectivity index (χ0v) is 17.6. The summed E-state index contributed by atoms with van der Waals surface area (Å²) in [5, 5.41) is 16.2. The van der Waals surface area contributed by atoms with Gasteiger partial charge in [0.2, 0.25) is 5.91 Å². The number of rotatable bonds is 7. The van der Waals surface area contributed by atoms with Crippen LogP contribution >= 0.6 is 0 Å². The summed E-state index contributed by atoms with van der Waals surface area (Å²) in [5.41, 5.74) is 0.790. The molecule has 11 heteroatoms. The van der Waals surface area contributed by atoms with Crippen molar-refractivity contribution in [3.8, 4) is 0 Å². The summed E-state index contributed by atoms with van der Waals surface area (Å²) in [7, 11) is 0. The Kier molecular flexibility index (Phi) is 6.73. The van der Waals surface area contributed by atoms with Gasteiger partial charge in [0.1, 0.15) is 23.9 Å². The van der Waals surface area contributed by atoms with Crippen molar-refractivity contribution in [2.45, 2.75) is 58.2 Å². The lowest BCUT2D eigenvalue weighted by atomic mass is 9.99. The number of carbonyl (C=O) groups is 3. The van der Waals surface area contributed by atoms with Crippen molar-refractivity contribution in [2.24, 2.45) is 0 Å². The number of nitrogens with one attached hydrogen (secondary N) is 3. The Morgan fingerprint density at radius 1 is 1.19 bits per heavy atom. The lowest BCUT2D eigenvalue weighted by Gasteiger charge is -2.36. The molecule has 2 atom stereocenters. The fourth-order valence-electron chi connectivity index (χ4n) is 2.81. The molecule has 1 aliphatic rings. The molecule has 1 saturated heterocycles. The predicted octanol–water partition coefficient (Wildman–Crippen LogP) is 1.10. The number of nitrogens with zero attached hydrogens (tertiary/aromatic N) is 3. The molecule has 0 spiro atoms. The van der Waals surface area contributed by atoms with Crippen LogP contribution in [0.15, 0.2) is 36.5 Å². The van der Waals surface area contributed by atoms with Gasteiger partial charge in [0.25, 0.3) is 0 Å². The molecule has 0 radical (unpaired) electrons. The van der Waals surface area contributed by atoms with Gasteiger partial charge < -0.3 is 25.4 Å².